The number of rotatable bonds is 2. The molecule has 0 bridgehead atoms. The molecule has 0 saturated heterocycles. The average Bonchev–Trinajstić information content (AvgIpc) is 2.84. The van der Waals surface area contributed by atoms with Crippen molar-refractivity contribution in [3.8, 4) is 0 Å². The molecule has 0 radical (unpaired) electrons. The van der Waals surface area contributed by atoms with Gasteiger partial charge in [0.1, 0.15) is 17.2 Å². The minimum absolute atomic E-state index is 0.0638. The van der Waals surface area contributed by atoms with Crippen LogP contribution in [0.5, 0.6) is 0 Å². The van der Waals surface area contributed by atoms with Gasteiger partial charge in [0.2, 0.25) is 5.78 Å². The van der Waals surface area contributed by atoms with Gasteiger partial charge in [-0.05, 0) is 42.8 Å². The number of hydrogen-bond acceptors (Lipinski definition) is 2. The van der Waals surface area contributed by atoms with E-state index in [2.05, 4.69) is 0 Å². The third-order valence-electron chi connectivity index (χ3n) is 3.14. The third-order valence-corrected chi connectivity index (χ3v) is 3.14. The van der Waals surface area contributed by atoms with Crippen molar-refractivity contribution in [3.63, 3.8) is 0 Å². The van der Waals surface area contributed by atoms with E-state index in [1.807, 2.05) is 0 Å². The van der Waals surface area contributed by atoms with Gasteiger partial charge in [0.05, 0.1) is 0 Å². The first-order valence-electron chi connectivity index (χ1n) is 6.04. The molecule has 3 aromatic rings. The molecule has 20 heavy (non-hydrogen) atoms. The van der Waals surface area contributed by atoms with Crippen molar-refractivity contribution in [2.75, 3.05) is 0 Å². The zero-order valence-corrected chi connectivity index (χ0v) is 10.6. The van der Waals surface area contributed by atoms with Crippen molar-refractivity contribution in [1.82, 2.24) is 0 Å². The number of furan rings is 1. The predicted molar refractivity (Wildman–Crippen MR) is 70.7 cm³/mol. The van der Waals surface area contributed by atoms with Gasteiger partial charge in [-0.15, -0.1) is 0 Å². The van der Waals surface area contributed by atoms with E-state index in [4.69, 9.17) is 4.42 Å². The quantitative estimate of drug-likeness (QED) is 0.653. The zero-order chi connectivity index (χ0) is 14.3. The van der Waals surface area contributed by atoms with Crippen LogP contribution < -0.4 is 0 Å². The molecule has 1 heterocycles. The first kappa shape index (κ1) is 12.5. The van der Waals surface area contributed by atoms with Gasteiger partial charge in [-0.25, -0.2) is 8.78 Å². The van der Waals surface area contributed by atoms with Crippen molar-refractivity contribution >= 4 is 16.8 Å². The summed E-state index contributed by atoms with van der Waals surface area (Å²) in [5.41, 5.74) is 1.09. The molecule has 0 unspecified atom stereocenters. The van der Waals surface area contributed by atoms with Crippen LogP contribution in [0.25, 0.3) is 11.0 Å². The van der Waals surface area contributed by atoms with E-state index in [0.717, 1.165) is 0 Å². The summed E-state index contributed by atoms with van der Waals surface area (Å²) in [6.45, 7) is 1.62. The number of ketones is 1. The highest BCUT2D eigenvalue weighted by Crippen LogP contribution is 2.23. The summed E-state index contributed by atoms with van der Waals surface area (Å²) in [7, 11) is 0. The number of fused-ring (bicyclic) bond motifs is 1. The van der Waals surface area contributed by atoms with Crippen LogP contribution in [0.3, 0.4) is 0 Å². The van der Waals surface area contributed by atoms with Crippen molar-refractivity contribution in [3.05, 3.63) is 71.0 Å². The molecule has 0 spiro atoms. The molecule has 0 aliphatic rings. The third kappa shape index (κ3) is 2.09. The number of hydrogen-bond donors (Lipinski definition) is 0. The van der Waals surface area contributed by atoms with Gasteiger partial charge in [0.15, 0.2) is 5.76 Å². The van der Waals surface area contributed by atoms with Crippen LogP contribution >= 0.6 is 0 Å². The van der Waals surface area contributed by atoms with Gasteiger partial charge >= 0.3 is 0 Å². The molecular formula is C16H10F2O2. The van der Waals surface area contributed by atoms with Gasteiger partial charge < -0.3 is 4.42 Å². The summed E-state index contributed by atoms with van der Waals surface area (Å²) in [6, 6.07) is 9.69. The molecule has 2 aromatic carbocycles. The van der Waals surface area contributed by atoms with E-state index >= 15 is 0 Å². The maximum Gasteiger partial charge on any atom is 0.228 e. The van der Waals surface area contributed by atoms with Crippen LogP contribution in [0.4, 0.5) is 8.78 Å². The second-order valence-electron chi connectivity index (χ2n) is 4.59. The van der Waals surface area contributed by atoms with Crippen molar-refractivity contribution in [2.24, 2.45) is 0 Å². The lowest BCUT2D eigenvalue weighted by Gasteiger charge is -2.00. The van der Waals surface area contributed by atoms with E-state index in [1.165, 1.54) is 42.5 Å². The summed E-state index contributed by atoms with van der Waals surface area (Å²) in [5, 5.41) is 0.501. The Kier molecular flexibility index (Phi) is 2.86. The summed E-state index contributed by atoms with van der Waals surface area (Å²) >= 11 is 0. The number of benzene rings is 2. The minimum Gasteiger partial charge on any atom is -0.453 e. The van der Waals surface area contributed by atoms with Gasteiger partial charge in [0, 0.05) is 10.9 Å². The second-order valence-corrected chi connectivity index (χ2v) is 4.59. The van der Waals surface area contributed by atoms with E-state index in [9.17, 15) is 13.6 Å². The molecule has 0 saturated carbocycles. The summed E-state index contributed by atoms with van der Waals surface area (Å²) in [5.74, 6) is -1.22. The lowest BCUT2D eigenvalue weighted by Crippen LogP contribution is -2.00. The van der Waals surface area contributed by atoms with Crippen LogP contribution in [-0.2, 0) is 0 Å². The highest BCUT2D eigenvalue weighted by molar-refractivity contribution is 6.09. The van der Waals surface area contributed by atoms with Crippen molar-refractivity contribution in [2.45, 2.75) is 6.92 Å². The molecule has 100 valence electrons. The molecule has 3 rings (SSSR count). The van der Waals surface area contributed by atoms with Gasteiger partial charge in [-0.1, -0.05) is 12.1 Å². The Labute approximate surface area is 113 Å². The van der Waals surface area contributed by atoms with Gasteiger partial charge in [-0.3, -0.25) is 4.79 Å². The molecule has 4 heteroatoms. The first-order valence-corrected chi connectivity index (χ1v) is 6.04. The molecule has 0 atom stereocenters. The fourth-order valence-electron chi connectivity index (χ4n) is 2.00. The van der Waals surface area contributed by atoms with Crippen molar-refractivity contribution in [1.29, 1.82) is 0 Å². The summed E-state index contributed by atoms with van der Waals surface area (Å²) in [6.07, 6.45) is 0. The fourth-order valence-corrected chi connectivity index (χ4v) is 2.00. The van der Waals surface area contributed by atoms with Crippen LogP contribution in [0.2, 0.25) is 0 Å². The van der Waals surface area contributed by atoms with Crippen LogP contribution in [0.15, 0.2) is 46.9 Å². The molecule has 0 aliphatic carbocycles. The molecule has 0 N–H and O–H groups in total. The highest BCUT2D eigenvalue weighted by Gasteiger charge is 2.16. The molecular weight excluding hydrogens is 262 g/mol. The fraction of sp³-hybridized carbons (Fsp3) is 0.0625. The topological polar surface area (TPSA) is 30.2 Å². The monoisotopic (exact) mass is 272 g/mol. The standard InChI is InChI=1S/C16H10F2O2/c1-9-2-3-10(7-13(9)18)16(19)15-8-11-6-12(17)4-5-14(11)20-15/h2-8H,1H3. The number of aryl methyl sites for hydroxylation is 1. The van der Waals surface area contributed by atoms with Crippen molar-refractivity contribution < 1.29 is 18.0 Å². The highest BCUT2D eigenvalue weighted by atomic mass is 19.1. The van der Waals surface area contributed by atoms with Crippen LogP contribution in [-0.4, -0.2) is 5.78 Å². The Balaban J connectivity index is 2.05. The largest absolute Gasteiger partial charge is 0.453 e. The Morgan fingerprint density at radius 3 is 2.60 bits per heavy atom. The summed E-state index contributed by atoms with van der Waals surface area (Å²) in [4.78, 5) is 12.2. The Morgan fingerprint density at radius 2 is 1.85 bits per heavy atom. The molecule has 0 amide bonds. The Morgan fingerprint density at radius 1 is 1.05 bits per heavy atom. The Hall–Kier alpha value is -2.49. The smallest absolute Gasteiger partial charge is 0.228 e. The summed E-state index contributed by atoms with van der Waals surface area (Å²) < 4.78 is 31.9. The maximum absolute atomic E-state index is 13.5. The second kappa shape index (κ2) is 4.56. The van der Waals surface area contributed by atoms with E-state index in [-0.39, 0.29) is 11.3 Å². The number of halogens is 2. The van der Waals surface area contributed by atoms with E-state index < -0.39 is 17.4 Å². The number of carbonyl (C=O) groups excluding carboxylic acids is 1. The maximum atomic E-state index is 13.5. The first-order chi connectivity index (χ1) is 9.54. The lowest BCUT2D eigenvalue weighted by molar-refractivity contribution is 0.101. The average molecular weight is 272 g/mol. The number of carbonyl (C=O) groups is 1. The SMILES string of the molecule is Cc1ccc(C(=O)c2cc3cc(F)ccc3o2)cc1F. The molecule has 2 nitrogen and oxygen atoms in total. The van der Waals surface area contributed by atoms with Crippen LogP contribution in [0, 0.1) is 18.6 Å². The van der Waals surface area contributed by atoms with Gasteiger partial charge in [-0.2, -0.15) is 0 Å². The Bertz CT molecular complexity index is 818. The predicted octanol–water partition coefficient (Wildman–Crippen LogP) is 4.25. The minimum atomic E-state index is -0.446. The molecule has 0 fully saturated rings. The molecule has 1 aromatic heterocycles. The normalized spacial score (nSPS) is 10.9. The van der Waals surface area contributed by atoms with Crippen LogP contribution in [0.1, 0.15) is 21.7 Å². The molecule has 0 aliphatic heterocycles. The van der Waals surface area contributed by atoms with E-state index in [1.54, 1.807) is 6.92 Å². The van der Waals surface area contributed by atoms with Gasteiger partial charge in [0.25, 0.3) is 0 Å². The van der Waals surface area contributed by atoms with E-state index in [0.29, 0.717) is 16.5 Å². The lowest BCUT2D eigenvalue weighted by atomic mass is 10.1. The zero-order valence-electron chi connectivity index (χ0n) is 10.6.